The standard InChI is InChI=1S/C7H13ClO2/c1-7(2,3)5(8)4-6(9)10/h5H,4H2,1-3H3,(H,9,10). The first-order valence-corrected chi connectivity index (χ1v) is 3.63. The van der Waals surface area contributed by atoms with Crippen molar-refractivity contribution < 1.29 is 9.90 Å². The second kappa shape index (κ2) is 3.24. The molecule has 0 rings (SSSR count). The Bertz CT molecular complexity index is 126. The van der Waals surface area contributed by atoms with Gasteiger partial charge < -0.3 is 5.11 Å². The van der Waals surface area contributed by atoms with Crippen molar-refractivity contribution in [1.29, 1.82) is 0 Å². The van der Waals surface area contributed by atoms with Gasteiger partial charge in [-0.25, -0.2) is 0 Å². The summed E-state index contributed by atoms with van der Waals surface area (Å²) in [6, 6.07) is 0. The lowest BCUT2D eigenvalue weighted by Crippen LogP contribution is -2.23. The topological polar surface area (TPSA) is 37.3 Å². The maximum atomic E-state index is 10.2. The molecule has 0 spiro atoms. The number of hydrogen-bond donors (Lipinski definition) is 1. The fourth-order valence-corrected chi connectivity index (χ4v) is 0.591. The van der Waals surface area contributed by atoms with Crippen LogP contribution >= 0.6 is 11.6 Å². The second-order valence-corrected chi connectivity index (χ2v) is 3.96. The van der Waals surface area contributed by atoms with Crippen LogP contribution in [0.15, 0.2) is 0 Å². The van der Waals surface area contributed by atoms with Gasteiger partial charge in [0.25, 0.3) is 0 Å². The highest BCUT2D eigenvalue weighted by atomic mass is 35.5. The van der Waals surface area contributed by atoms with Gasteiger partial charge in [0, 0.05) is 5.38 Å². The molecule has 0 bridgehead atoms. The average Bonchev–Trinajstić information content (AvgIpc) is 1.60. The van der Waals surface area contributed by atoms with Gasteiger partial charge in [0.2, 0.25) is 0 Å². The summed E-state index contributed by atoms with van der Waals surface area (Å²) in [5.41, 5.74) is -0.125. The number of hydrogen-bond acceptors (Lipinski definition) is 1. The Morgan fingerprint density at radius 1 is 1.60 bits per heavy atom. The van der Waals surface area contributed by atoms with Crippen LogP contribution in [0.1, 0.15) is 27.2 Å². The normalized spacial score (nSPS) is 14.8. The van der Waals surface area contributed by atoms with Gasteiger partial charge in [-0.2, -0.15) is 0 Å². The monoisotopic (exact) mass is 164 g/mol. The summed E-state index contributed by atoms with van der Waals surface area (Å²) in [7, 11) is 0. The summed E-state index contributed by atoms with van der Waals surface area (Å²) in [5.74, 6) is -0.838. The van der Waals surface area contributed by atoms with E-state index >= 15 is 0 Å². The Balaban J connectivity index is 3.85. The highest BCUT2D eigenvalue weighted by molar-refractivity contribution is 6.22. The largest absolute Gasteiger partial charge is 0.481 e. The second-order valence-electron chi connectivity index (χ2n) is 3.43. The molecule has 0 aliphatic rings. The van der Waals surface area contributed by atoms with Crippen molar-refractivity contribution in [2.24, 2.45) is 5.41 Å². The number of aliphatic carboxylic acids is 1. The van der Waals surface area contributed by atoms with E-state index in [2.05, 4.69) is 0 Å². The Morgan fingerprint density at radius 2 is 2.00 bits per heavy atom. The molecule has 1 unspecified atom stereocenters. The molecule has 0 aromatic carbocycles. The van der Waals surface area contributed by atoms with E-state index in [9.17, 15) is 4.79 Å². The lowest BCUT2D eigenvalue weighted by Gasteiger charge is -2.23. The molecule has 1 atom stereocenters. The van der Waals surface area contributed by atoms with Crippen LogP contribution in [0.25, 0.3) is 0 Å². The molecule has 10 heavy (non-hydrogen) atoms. The number of alkyl halides is 1. The van der Waals surface area contributed by atoms with Crippen LogP contribution < -0.4 is 0 Å². The van der Waals surface area contributed by atoms with E-state index in [4.69, 9.17) is 16.7 Å². The zero-order valence-corrected chi connectivity index (χ0v) is 7.27. The van der Waals surface area contributed by atoms with Gasteiger partial charge in [-0.3, -0.25) is 4.79 Å². The molecule has 1 N–H and O–H groups in total. The van der Waals surface area contributed by atoms with E-state index in [0.717, 1.165) is 0 Å². The number of carbonyl (C=O) groups is 1. The summed E-state index contributed by atoms with van der Waals surface area (Å²) in [4.78, 5) is 10.2. The van der Waals surface area contributed by atoms with Gasteiger partial charge in [-0.1, -0.05) is 20.8 Å². The molecule has 0 saturated carbocycles. The Morgan fingerprint density at radius 3 is 2.10 bits per heavy atom. The molecule has 0 radical (unpaired) electrons. The molecule has 60 valence electrons. The maximum absolute atomic E-state index is 10.2. The number of halogens is 1. The van der Waals surface area contributed by atoms with Gasteiger partial charge in [0.1, 0.15) is 0 Å². The van der Waals surface area contributed by atoms with Crippen LogP contribution in [0.2, 0.25) is 0 Å². The first kappa shape index (κ1) is 9.76. The minimum absolute atomic E-state index is 0.0328. The van der Waals surface area contributed by atoms with Crippen LogP contribution in [0, 0.1) is 5.41 Å². The van der Waals surface area contributed by atoms with E-state index in [1.807, 2.05) is 20.8 Å². The molecule has 3 heteroatoms. The molecule has 0 saturated heterocycles. The summed E-state index contributed by atoms with van der Waals surface area (Å²) in [5, 5.41) is 8.08. The highest BCUT2D eigenvalue weighted by Gasteiger charge is 2.24. The molecule has 0 aromatic rings. The third-order valence-corrected chi connectivity index (χ3v) is 2.10. The van der Waals surface area contributed by atoms with Crippen LogP contribution in [-0.4, -0.2) is 16.5 Å². The van der Waals surface area contributed by atoms with E-state index < -0.39 is 5.97 Å². The van der Waals surface area contributed by atoms with E-state index in [0.29, 0.717) is 0 Å². The molecule has 0 amide bonds. The van der Waals surface area contributed by atoms with Crippen LogP contribution in [0.3, 0.4) is 0 Å². The van der Waals surface area contributed by atoms with Crippen molar-refractivity contribution in [2.45, 2.75) is 32.6 Å². The smallest absolute Gasteiger partial charge is 0.304 e. The third-order valence-electron chi connectivity index (χ3n) is 1.29. The van der Waals surface area contributed by atoms with Gasteiger partial charge in [0.05, 0.1) is 6.42 Å². The average molecular weight is 165 g/mol. The van der Waals surface area contributed by atoms with Crippen molar-refractivity contribution in [1.82, 2.24) is 0 Å². The number of carboxylic acid groups (broad SMARTS) is 1. The lowest BCUT2D eigenvalue weighted by molar-refractivity contribution is -0.137. The van der Waals surface area contributed by atoms with Crippen molar-refractivity contribution in [3.05, 3.63) is 0 Å². The van der Waals surface area contributed by atoms with Crippen LogP contribution in [0.4, 0.5) is 0 Å². The highest BCUT2D eigenvalue weighted by Crippen LogP contribution is 2.26. The van der Waals surface area contributed by atoms with Gasteiger partial charge >= 0.3 is 5.97 Å². The zero-order valence-electron chi connectivity index (χ0n) is 6.52. The van der Waals surface area contributed by atoms with Gasteiger partial charge in [-0.05, 0) is 5.41 Å². The minimum atomic E-state index is -0.838. The molecule has 0 aliphatic heterocycles. The summed E-state index contributed by atoms with van der Waals surface area (Å²) >= 11 is 5.77. The molecule has 0 aliphatic carbocycles. The molecular formula is C7H13ClO2. The van der Waals surface area contributed by atoms with E-state index in [1.54, 1.807) is 0 Å². The number of carboxylic acids is 1. The first-order chi connectivity index (χ1) is 4.34. The van der Waals surface area contributed by atoms with Gasteiger partial charge in [-0.15, -0.1) is 11.6 Å². The summed E-state index contributed by atoms with van der Waals surface area (Å²) in [6.45, 7) is 5.77. The molecule has 0 fully saturated rings. The summed E-state index contributed by atoms with van der Waals surface area (Å²) in [6.07, 6.45) is 0.0328. The fourth-order valence-electron chi connectivity index (χ4n) is 0.459. The molecular weight excluding hydrogens is 152 g/mol. The van der Waals surface area contributed by atoms with E-state index in [1.165, 1.54) is 0 Å². The van der Waals surface area contributed by atoms with Crippen molar-refractivity contribution in [3.63, 3.8) is 0 Å². The lowest BCUT2D eigenvalue weighted by atomic mass is 9.90. The predicted molar refractivity (Wildman–Crippen MR) is 41.3 cm³/mol. The molecule has 0 heterocycles. The quantitative estimate of drug-likeness (QED) is 0.635. The maximum Gasteiger partial charge on any atom is 0.304 e. The molecule has 0 aromatic heterocycles. The predicted octanol–water partition coefficient (Wildman–Crippen LogP) is 2.11. The fraction of sp³-hybridized carbons (Fsp3) is 0.857. The van der Waals surface area contributed by atoms with Crippen molar-refractivity contribution in [2.75, 3.05) is 0 Å². The molecule has 2 nitrogen and oxygen atoms in total. The van der Waals surface area contributed by atoms with Crippen LogP contribution in [0.5, 0.6) is 0 Å². The van der Waals surface area contributed by atoms with Gasteiger partial charge in [0.15, 0.2) is 0 Å². The SMILES string of the molecule is CC(C)(C)C(Cl)CC(=O)O. The van der Waals surface area contributed by atoms with Crippen LogP contribution in [-0.2, 0) is 4.79 Å². The van der Waals surface area contributed by atoms with Crippen molar-refractivity contribution in [3.8, 4) is 0 Å². The van der Waals surface area contributed by atoms with Crippen molar-refractivity contribution >= 4 is 17.6 Å². The first-order valence-electron chi connectivity index (χ1n) is 3.20. The minimum Gasteiger partial charge on any atom is -0.481 e. The third kappa shape index (κ3) is 3.72. The Labute approximate surface area is 66.2 Å². The zero-order chi connectivity index (χ0) is 8.36. The van der Waals surface area contributed by atoms with E-state index in [-0.39, 0.29) is 17.2 Å². The Kier molecular flexibility index (Phi) is 3.16. The Hall–Kier alpha value is -0.240. The summed E-state index contributed by atoms with van der Waals surface area (Å²) < 4.78 is 0. The number of rotatable bonds is 2.